The number of rotatable bonds is 4. The highest BCUT2D eigenvalue weighted by Gasteiger charge is 2.28. The van der Waals surface area contributed by atoms with E-state index in [4.69, 9.17) is 9.15 Å². The van der Waals surface area contributed by atoms with Crippen LogP contribution in [0.15, 0.2) is 22.6 Å². The number of fused-ring (bicyclic) bond motifs is 1. The maximum atomic E-state index is 6.10. The van der Waals surface area contributed by atoms with E-state index in [1.54, 1.807) is 7.11 Å². The number of hydrogen-bond donors (Lipinski definition) is 1. The summed E-state index contributed by atoms with van der Waals surface area (Å²) in [4.78, 5) is 0. The maximum Gasteiger partial charge on any atom is 0.176 e. The van der Waals surface area contributed by atoms with Gasteiger partial charge in [0.2, 0.25) is 0 Å². The average Bonchev–Trinajstić information content (AvgIpc) is 2.76. The summed E-state index contributed by atoms with van der Waals surface area (Å²) in [5, 5.41) is 4.62. The van der Waals surface area contributed by atoms with E-state index in [9.17, 15) is 0 Å². The number of furan rings is 1. The molecule has 0 aliphatic rings. The third-order valence-electron chi connectivity index (χ3n) is 3.52. The summed E-state index contributed by atoms with van der Waals surface area (Å²) in [5.41, 5.74) is 2.10. The van der Waals surface area contributed by atoms with Gasteiger partial charge in [-0.1, -0.05) is 27.7 Å². The van der Waals surface area contributed by atoms with Crippen molar-refractivity contribution in [2.24, 2.45) is 5.41 Å². The van der Waals surface area contributed by atoms with Crippen LogP contribution >= 0.6 is 0 Å². The van der Waals surface area contributed by atoms with Crippen LogP contribution in [-0.4, -0.2) is 13.7 Å². The third kappa shape index (κ3) is 2.83. The Hall–Kier alpha value is -1.48. The van der Waals surface area contributed by atoms with Crippen molar-refractivity contribution in [2.75, 3.05) is 13.7 Å². The van der Waals surface area contributed by atoms with Gasteiger partial charge in [-0.25, -0.2) is 0 Å². The first kappa shape index (κ1) is 14.9. The lowest BCUT2D eigenvalue weighted by Gasteiger charge is -2.29. The standard InChI is InChI=1S/C17H25NO2/c1-7-18-16(17(3,4)5)14-10-12-8-11(2)9-13(19-6)15(12)20-14/h8-10,16,18H,7H2,1-6H3. The molecule has 2 aromatic rings. The fraction of sp³-hybridized carbons (Fsp3) is 0.529. The maximum absolute atomic E-state index is 6.10. The van der Waals surface area contributed by atoms with Crippen molar-refractivity contribution < 1.29 is 9.15 Å². The Bertz CT molecular complexity index is 593. The van der Waals surface area contributed by atoms with Gasteiger partial charge in [-0.3, -0.25) is 0 Å². The molecule has 0 saturated carbocycles. The fourth-order valence-corrected chi connectivity index (χ4v) is 2.62. The molecule has 20 heavy (non-hydrogen) atoms. The van der Waals surface area contributed by atoms with E-state index in [2.05, 4.69) is 52.1 Å². The van der Waals surface area contributed by atoms with Crippen LogP contribution in [0.5, 0.6) is 5.75 Å². The van der Waals surface area contributed by atoms with Crippen LogP contribution in [0.4, 0.5) is 0 Å². The van der Waals surface area contributed by atoms with Gasteiger partial charge in [0.25, 0.3) is 0 Å². The zero-order valence-electron chi connectivity index (χ0n) is 13.3. The van der Waals surface area contributed by atoms with Gasteiger partial charge >= 0.3 is 0 Å². The van der Waals surface area contributed by atoms with Crippen LogP contribution in [0.25, 0.3) is 11.0 Å². The second kappa shape index (κ2) is 5.49. The van der Waals surface area contributed by atoms with Crippen LogP contribution < -0.4 is 10.1 Å². The molecule has 0 fully saturated rings. The van der Waals surface area contributed by atoms with Crippen molar-refractivity contribution >= 4 is 11.0 Å². The van der Waals surface area contributed by atoms with Gasteiger partial charge in [0.05, 0.1) is 13.2 Å². The Balaban J connectivity index is 2.54. The lowest BCUT2D eigenvalue weighted by atomic mass is 9.85. The van der Waals surface area contributed by atoms with E-state index in [0.29, 0.717) is 0 Å². The molecule has 3 nitrogen and oxygen atoms in total. The summed E-state index contributed by atoms with van der Waals surface area (Å²) in [6.07, 6.45) is 0. The van der Waals surface area contributed by atoms with E-state index >= 15 is 0 Å². The zero-order valence-corrected chi connectivity index (χ0v) is 13.3. The smallest absolute Gasteiger partial charge is 0.176 e. The minimum Gasteiger partial charge on any atom is -0.493 e. The largest absolute Gasteiger partial charge is 0.493 e. The Morgan fingerprint density at radius 3 is 2.50 bits per heavy atom. The normalized spacial score (nSPS) is 13.7. The van der Waals surface area contributed by atoms with E-state index < -0.39 is 0 Å². The molecule has 0 aliphatic carbocycles. The van der Waals surface area contributed by atoms with E-state index in [-0.39, 0.29) is 11.5 Å². The molecule has 1 unspecified atom stereocenters. The lowest BCUT2D eigenvalue weighted by Crippen LogP contribution is -2.31. The first-order valence-corrected chi connectivity index (χ1v) is 7.18. The van der Waals surface area contributed by atoms with Crippen molar-refractivity contribution in [3.8, 4) is 5.75 Å². The lowest BCUT2D eigenvalue weighted by molar-refractivity contribution is 0.244. The van der Waals surface area contributed by atoms with Gasteiger partial charge < -0.3 is 14.5 Å². The minimum atomic E-state index is 0.0895. The molecule has 110 valence electrons. The molecule has 0 radical (unpaired) electrons. The van der Waals surface area contributed by atoms with E-state index in [1.807, 2.05) is 6.07 Å². The highest BCUT2D eigenvalue weighted by Crippen LogP contribution is 2.38. The summed E-state index contributed by atoms with van der Waals surface area (Å²) in [7, 11) is 1.68. The SMILES string of the molecule is CCNC(c1cc2cc(C)cc(OC)c2o1)C(C)(C)C. The number of aryl methyl sites for hydroxylation is 1. The molecule has 1 heterocycles. The minimum absolute atomic E-state index is 0.0895. The Morgan fingerprint density at radius 1 is 1.25 bits per heavy atom. The first-order valence-electron chi connectivity index (χ1n) is 7.18. The van der Waals surface area contributed by atoms with Crippen LogP contribution in [0, 0.1) is 12.3 Å². The van der Waals surface area contributed by atoms with Crippen LogP contribution in [0.3, 0.4) is 0 Å². The highest BCUT2D eigenvalue weighted by atomic mass is 16.5. The van der Waals surface area contributed by atoms with Crippen molar-refractivity contribution in [1.82, 2.24) is 5.32 Å². The van der Waals surface area contributed by atoms with Gasteiger partial charge in [0, 0.05) is 5.39 Å². The van der Waals surface area contributed by atoms with Crippen LogP contribution in [-0.2, 0) is 0 Å². The van der Waals surface area contributed by atoms with Crippen LogP contribution in [0.2, 0.25) is 0 Å². The summed E-state index contributed by atoms with van der Waals surface area (Å²) < 4.78 is 11.5. The topological polar surface area (TPSA) is 34.4 Å². The predicted octanol–water partition coefficient (Wildman–Crippen LogP) is 4.45. The molecule has 0 bridgehead atoms. The number of hydrogen-bond acceptors (Lipinski definition) is 3. The number of methoxy groups -OCH3 is 1. The molecule has 0 spiro atoms. The predicted molar refractivity (Wildman–Crippen MR) is 83.4 cm³/mol. The molecule has 2 rings (SSSR count). The molecule has 1 aromatic heterocycles. The molecule has 1 aromatic carbocycles. The van der Waals surface area contributed by atoms with Crippen molar-refractivity contribution in [3.63, 3.8) is 0 Å². The summed E-state index contributed by atoms with van der Waals surface area (Å²) >= 11 is 0. The van der Waals surface area contributed by atoms with Gasteiger partial charge in [-0.05, 0) is 42.6 Å². The average molecular weight is 275 g/mol. The van der Waals surface area contributed by atoms with Gasteiger partial charge in [0.1, 0.15) is 5.76 Å². The quantitative estimate of drug-likeness (QED) is 0.895. The van der Waals surface area contributed by atoms with Gasteiger partial charge in [-0.15, -0.1) is 0 Å². The number of nitrogens with one attached hydrogen (secondary N) is 1. The van der Waals surface area contributed by atoms with E-state index in [1.165, 1.54) is 5.56 Å². The van der Waals surface area contributed by atoms with E-state index in [0.717, 1.165) is 29.0 Å². The molecule has 0 saturated heterocycles. The molecule has 1 N–H and O–H groups in total. The second-order valence-electron chi connectivity index (χ2n) is 6.39. The fourth-order valence-electron chi connectivity index (χ4n) is 2.62. The molecule has 0 amide bonds. The Labute approximate surface area is 121 Å². The summed E-state index contributed by atoms with van der Waals surface area (Å²) in [5.74, 6) is 1.77. The molecular weight excluding hydrogens is 250 g/mol. The van der Waals surface area contributed by atoms with Gasteiger partial charge in [0.15, 0.2) is 11.3 Å². The van der Waals surface area contributed by atoms with Crippen molar-refractivity contribution in [2.45, 2.75) is 40.7 Å². The van der Waals surface area contributed by atoms with Crippen LogP contribution in [0.1, 0.15) is 45.1 Å². The summed E-state index contributed by atoms with van der Waals surface area (Å²) in [6, 6.07) is 6.46. The molecule has 1 atom stereocenters. The highest BCUT2D eigenvalue weighted by molar-refractivity contribution is 5.84. The zero-order chi connectivity index (χ0) is 14.9. The van der Waals surface area contributed by atoms with Crippen molar-refractivity contribution in [1.29, 1.82) is 0 Å². The monoisotopic (exact) mass is 275 g/mol. The Morgan fingerprint density at radius 2 is 1.95 bits per heavy atom. The van der Waals surface area contributed by atoms with Crippen molar-refractivity contribution in [3.05, 3.63) is 29.5 Å². The first-order chi connectivity index (χ1) is 9.36. The molecular formula is C17H25NO2. The summed E-state index contributed by atoms with van der Waals surface area (Å²) in [6.45, 7) is 11.8. The molecule has 3 heteroatoms. The number of ether oxygens (including phenoxy) is 1. The Kier molecular flexibility index (Phi) is 4.09. The van der Waals surface area contributed by atoms with Gasteiger partial charge in [-0.2, -0.15) is 0 Å². The number of benzene rings is 1. The molecule has 0 aliphatic heterocycles. The second-order valence-corrected chi connectivity index (χ2v) is 6.39. The third-order valence-corrected chi connectivity index (χ3v) is 3.52.